The molecule has 1 aliphatic rings. The highest BCUT2D eigenvalue weighted by molar-refractivity contribution is 7.47. The van der Waals surface area contributed by atoms with Crippen molar-refractivity contribution in [3.63, 3.8) is 0 Å². The lowest BCUT2D eigenvalue weighted by Crippen LogP contribution is -2.64. The molecule has 0 bridgehead atoms. The van der Waals surface area contributed by atoms with Crippen LogP contribution < -0.4 is 0 Å². The Hall–Kier alpha value is -2.22. The van der Waals surface area contributed by atoms with E-state index < -0.39 is 63.1 Å². The lowest BCUT2D eigenvalue weighted by molar-refractivity contribution is -0.220. The number of hydrogen-bond acceptors (Lipinski definition) is 11. The molecule has 1 rings (SSSR count). The zero-order valence-corrected chi connectivity index (χ0v) is 40.5. The number of carbonyl (C=O) groups is 1. The van der Waals surface area contributed by atoms with E-state index in [1.54, 1.807) is 0 Å². The molecule has 0 aliphatic heterocycles. The number of phosphoric ester groups is 1. The van der Waals surface area contributed by atoms with Crippen LogP contribution in [0.5, 0.6) is 0 Å². The van der Waals surface area contributed by atoms with Crippen LogP contribution in [0.4, 0.5) is 0 Å². The predicted octanol–water partition coefficient (Wildman–Crippen LogP) is 10.8. The van der Waals surface area contributed by atoms with Gasteiger partial charge >= 0.3 is 13.8 Å². The van der Waals surface area contributed by atoms with Crippen LogP contribution in [0.1, 0.15) is 181 Å². The zero-order chi connectivity index (χ0) is 46.9. The minimum absolute atomic E-state index is 0.103. The third-order valence-electron chi connectivity index (χ3n) is 11.1. The van der Waals surface area contributed by atoms with Gasteiger partial charge in [0.15, 0.2) is 0 Å². The summed E-state index contributed by atoms with van der Waals surface area (Å²) in [5.74, 6) is -0.535. The van der Waals surface area contributed by atoms with Crippen molar-refractivity contribution in [2.45, 2.75) is 224 Å². The smallest absolute Gasteiger partial charge is 0.457 e. The Morgan fingerprint density at radius 1 is 0.516 bits per heavy atom. The van der Waals surface area contributed by atoms with Crippen molar-refractivity contribution in [3.05, 3.63) is 72.9 Å². The molecule has 64 heavy (non-hydrogen) atoms. The number of aliphatic hydroxyl groups is 5. The molecule has 370 valence electrons. The van der Waals surface area contributed by atoms with Crippen LogP contribution >= 0.6 is 7.82 Å². The number of unbranched alkanes of at least 4 members (excludes halogenated alkanes) is 17. The van der Waals surface area contributed by atoms with Crippen molar-refractivity contribution in [1.82, 2.24) is 0 Å². The normalized spacial score (nSPS) is 22.3. The maximum Gasteiger partial charge on any atom is 0.472 e. The van der Waals surface area contributed by atoms with Crippen LogP contribution in [-0.2, 0) is 27.9 Å². The number of aliphatic hydroxyl groups excluding tert-OH is 5. The second-order valence-corrected chi connectivity index (χ2v) is 18.3. The molecule has 0 radical (unpaired) electrons. The summed E-state index contributed by atoms with van der Waals surface area (Å²) in [7, 11) is -5.04. The second kappa shape index (κ2) is 41.0. The van der Waals surface area contributed by atoms with Crippen LogP contribution in [-0.4, -0.2) is 98.9 Å². The SMILES string of the molecule is CC/C=C\C/C=C\C/C=C\C/C=C\C/C=C\CCCC(=O)OC(COCCCCCCCCCCCC/C=C\CCCCCCCC)COP(=O)(O)OC1C(O)C(O)C(O)C(O)C1O. The van der Waals surface area contributed by atoms with Crippen molar-refractivity contribution in [3.8, 4) is 0 Å². The summed E-state index contributed by atoms with van der Waals surface area (Å²) in [6.07, 6.45) is 41.2. The van der Waals surface area contributed by atoms with Crippen LogP contribution in [0.2, 0.25) is 0 Å². The van der Waals surface area contributed by atoms with Gasteiger partial charge in [0.2, 0.25) is 0 Å². The molecule has 0 aromatic carbocycles. The summed E-state index contributed by atoms with van der Waals surface area (Å²) in [4.78, 5) is 23.2. The average Bonchev–Trinajstić information content (AvgIpc) is 3.28. The summed E-state index contributed by atoms with van der Waals surface area (Å²) < 4.78 is 34.2. The minimum atomic E-state index is -5.04. The van der Waals surface area contributed by atoms with Crippen molar-refractivity contribution in [2.24, 2.45) is 0 Å². The molecule has 1 saturated carbocycles. The van der Waals surface area contributed by atoms with E-state index in [9.17, 15) is 39.8 Å². The van der Waals surface area contributed by atoms with Gasteiger partial charge in [-0.1, -0.05) is 170 Å². The highest BCUT2D eigenvalue weighted by atomic mass is 31.2. The molecule has 1 fully saturated rings. The number of allylic oxidation sites excluding steroid dienone is 12. The lowest BCUT2D eigenvalue weighted by atomic mass is 9.85. The highest BCUT2D eigenvalue weighted by Crippen LogP contribution is 2.47. The molecule has 0 saturated heterocycles. The molecule has 12 nitrogen and oxygen atoms in total. The predicted molar refractivity (Wildman–Crippen MR) is 258 cm³/mol. The van der Waals surface area contributed by atoms with Gasteiger partial charge in [-0.25, -0.2) is 4.57 Å². The van der Waals surface area contributed by atoms with E-state index in [0.717, 1.165) is 57.8 Å². The maximum atomic E-state index is 12.8. The fourth-order valence-corrected chi connectivity index (χ4v) is 8.12. The molecule has 6 unspecified atom stereocenters. The Morgan fingerprint density at radius 3 is 1.42 bits per heavy atom. The molecule has 0 amide bonds. The van der Waals surface area contributed by atoms with Gasteiger partial charge in [0.05, 0.1) is 13.2 Å². The molecule has 0 aromatic rings. The summed E-state index contributed by atoms with van der Waals surface area (Å²) >= 11 is 0. The Balaban J connectivity index is 2.40. The fraction of sp³-hybridized carbons (Fsp3) is 0.745. The summed E-state index contributed by atoms with van der Waals surface area (Å²) in [6.45, 7) is 4.08. The van der Waals surface area contributed by atoms with Crippen molar-refractivity contribution < 1.29 is 58.3 Å². The Morgan fingerprint density at radius 2 is 0.922 bits per heavy atom. The van der Waals surface area contributed by atoms with E-state index in [1.165, 1.54) is 89.9 Å². The largest absolute Gasteiger partial charge is 0.472 e. The third kappa shape index (κ3) is 32.5. The first kappa shape index (κ1) is 59.8. The lowest BCUT2D eigenvalue weighted by Gasteiger charge is -2.41. The van der Waals surface area contributed by atoms with Crippen LogP contribution in [0.15, 0.2) is 72.9 Å². The Bertz CT molecular complexity index is 1330. The minimum Gasteiger partial charge on any atom is -0.457 e. The Kier molecular flexibility index (Phi) is 38.3. The van der Waals surface area contributed by atoms with E-state index in [-0.39, 0.29) is 13.0 Å². The quantitative estimate of drug-likeness (QED) is 0.0147. The number of ether oxygens (including phenoxy) is 2. The molecule has 13 heteroatoms. The standard InChI is InChI=1S/C51H89O12P/c1-3-5-7-9-11-13-15-17-19-21-22-23-25-27-29-31-33-35-37-39-41-60-42-44(43-61-64(58,59)63-51-49(56)47(54)46(53)48(55)50(51)57)62-45(52)40-38-36-34-32-30-28-26-24-20-18-16-14-12-10-8-6-4-2/h6,8,12,14,17-20,26,28,32,34,44,46-51,53-57H,3-5,7,9-11,13,15-16,21-25,27,29-31,33,35-43H2,1-2H3,(H,58,59)/b8-6-,14-12-,19-17-,20-18-,28-26-,34-32-. The van der Waals surface area contributed by atoms with Gasteiger partial charge < -0.3 is 39.9 Å². The van der Waals surface area contributed by atoms with Crippen LogP contribution in [0.25, 0.3) is 0 Å². The first-order valence-corrected chi connectivity index (χ1v) is 26.3. The summed E-state index contributed by atoms with van der Waals surface area (Å²) in [5, 5.41) is 50.2. The summed E-state index contributed by atoms with van der Waals surface area (Å²) in [5.41, 5.74) is 0. The topological polar surface area (TPSA) is 192 Å². The van der Waals surface area contributed by atoms with E-state index >= 15 is 0 Å². The van der Waals surface area contributed by atoms with Gasteiger partial charge in [0.1, 0.15) is 42.7 Å². The molecular weight excluding hydrogens is 836 g/mol. The van der Waals surface area contributed by atoms with E-state index in [2.05, 4.69) is 74.6 Å². The Labute approximate surface area is 387 Å². The molecule has 0 spiro atoms. The monoisotopic (exact) mass is 925 g/mol. The first-order valence-electron chi connectivity index (χ1n) is 24.8. The molecule has 1 aliphatic carbocycles. The van der Waals surface area contributed by atoms with Gasteiger partial charge in [-0.05, 0) is 77.0 Å². The number of carbonyl (C=O) groups excluding carboxylic acids is 1. The highest BCUT2D eigenvalue weighted by Gasteiger charge is 2.51. The number of rotatable bonds is 41. The number of phosphoric acid groups is 1. The van der Waals surface area contributed by atoms with Crippen molar-refractivity contribution in [1.29, 1.82) is 0 Å². The van der Waals surface area contributed by atoms with Gasteiger partial charge in [0.25, 0.3) is 0 Å². The van der Waals surface area contributed by atoms with Gasteiger partial charge in [-0.15, -0.1) is 0 Å². The first-order chi connectivity index (χ1) is 31.0. The van der Waals surface area contributed by atoms with E-state index in [0.29, 0.717) is 19.4 Å². The third-order valence-corrected chi connectivity index (χ3v) is 12.0. The fourth-order valence-electron chi connectivity index (χ4n) is 7.15. The van der Waals surface area contributed by atoms with E-state index in [1.807, 2.05) is 12.2 Å². The van der Waals surface area contributed by atoms with Crippen molar-refractivity contribution in [2.75, 3.05) is 19.8 Å². The molecule has 0 heterocycles. The van der Waals surface area contributed by atoms with Crippen LogP contribution in [0.3, 0.4) is 0 Å². The van der Waals surface area contributed by atoms with Gasteiger partial charge in [-0.3, -0.25) is 13.8 Å². The number of esters is 1. The molecule has 6 atom stereocenters. The summed E-state index contributed by atoms with van der Waals surface area (Å²) in [6, 6.07) is 0. The van der Waals surface area contributed by atoms with Gasteiger partial charge in [-0.2, -0.15) is 0 Å². The van der Waals surface area contributed by atoms with Crippen molar-refractivity contribution >= 4 is 13.8 Å². The van der Waals surface area contributed by atoms with Gasteiger partial charge in [0, 0.05) is 13.0 Å². The molecule has 0 aromatic heterocycles. The van der Waals surface area contributed by atoms with E-state index in [4.69, 9.17) is 18.5 Å². The maximum absolute atomic E-state index is 12.8. The zero-order valence-electron chi connectivity index (χ0n) is 39.6. The molecule has 6 N–H and O–H groups in total. The van der Waals surface area contributed by atoms with Crippen LogP contribution in [0, 0.1) is 0 Å². The average molecular weight is 925 g/mol. The molecular formula is C51H89O12P. The number of hydrogen-bond donors (Lipinski definition) is 6. The second-order valence-electron chi connectivity index (χ2n) is 16.9.